The number of nitrogens with one attached hydrogen (secondary N) is 1. The third-order valence-electron chi connectivity index (χ3n) is 8.06. The van der Waals surface area contributed by atoms with E-state index in [-0.39, 0.29) is 11.4 Å². The van der Waals surface area contributed by atoms with Gasteiger partial charge in [-0.15, -0.1) is 0 Å². The highest BCUT2D eigenvalue weighted by Gasteiger charge is 2.51. The normalized spacial score (nSPS) is 29.7. The Kier molecular flexibility index (Phi) is 4.00. The van der Waals surface area contributed by atoms with Gasteiger partial charge in [-0.3, -0.25) is 4.79 Å². The zero-order chi connectivity index (χ0) is 20.5. The minimum absolute atomic E-state index is 0.0951. The van der Waals surface area contributed by atoms with E-state index in [0.29, 0.717) is 6.42 Å². The highest BCUT2D eigenvalue weighted by Crippen LogP contribution is 2.55. The molecule has 4 aliphatic carbocycles. The Morgan fingerprint density at radius 3 is 2.47 bits per heavy atom. The lowest BCUT2D eigenvalue weighted by Crippen LogP contribution is -2.59. The Balaban J connectivity index is 1.22. The van der Waals surface area contributed by atoms with E-state index in [2.05, 4.69) is 25.2 Å². The van der Waals surface area contributed by atoms with Crippen LogP contribution in [0.15, 0.2) is 24.3 Å². The van der Waals surface area contributed by atoms with Crippen LogP contribution in [0.2, 0.25) is 0 Å². The van der Waals surface area contributed by atoms with Crippen LogP contribution in [-0.2, 0) is 11.2 Å². The van der Waals surface area contributed by atoms with E-state index >= 15 is 0 Å². The summed E-state index contributed by atoms with van der Waals surface area (Å²) in [7, 11) is 0. The number of hydrogen-bond acceptors (Lipinski definition) is 3. The van der Waals surface area contributed by atoms with Crippen LogP contribution in [0.3, 0.4) is 0 Å². The molecule has 4 saturated carbocycles. The molecular formula is C25H30N4O. The fourth-order valence-corrected chi connectivity index (χ4v) is 7.20. The summed E-state index contributed by atoms with van der Waals surface area (Å²) in [6.07, 6.45) is 9.06. The lowest BCUT2D eigenvalue weighted by Gasteiger charge is -2.56. The summed E-state index contributed by atoms with van der Waals surface area (Å²) in [5.41, 5.74) is 5.21. The number of benzene rings is 1. The Hall–Kier alpha value is -2.43. The predicted molar refractivity (Wildman–Crippen MR) is 117 cm³/mol. The van der Waals surface area contributed by atoms with Crippen LogP contribution in [0.5, 0.6) is 0 Å². The van der Waals surface area contributed by atoms with Gasteiger partial charge in [0.05, 0.1) is 5.52 Å². The lowest BCUT2D eigenvalue weighted by atomic mass is 9.53. The summed E-state index contributed by atoms with van der Waals surface area (Å²) in [6.45, 7) is 4.15. The SMILES string of the molecule is Cc1nc2c3ccccc3nn2c(C)c1CCC(=O)NC12CC3CC(CC(C3)C1)C2. The average molecular weight is 403 g/mol. The molecule has 2 heterocycles. The summed E-state index contributed by atoms with van der Waals surface area (Å²) in [4.78, 5) is 17.8. The second-order valence-electron chi connectivity index (χ2n) is 10.3. The van der Waals surface area contributed by atoms with E-state index in [4.69, 9.17) is 10.1 Å². The summed E-state index contributed by atoms with van der Waals surface area (Å²) in [5, 5.41) is 9.33. The number of hydrogen-bond donors (Lipinski definition) is 1. The molecule has 5 nitrogen and oxygen atoms in total. The van der Waals surface area contributed by atoms with Gasteiger partial charge in [0.1, 0.15) is 0 Å². The van der Waals surface area contributed by atoms with E-state index in [9.17, 15) is 4.79 Å². The van der Waals surface area contributed by atoms with Gasteiger partial charge >= 0.3 is 0 Å². The molecule has 0 atom stereocenters. The number of aryl methyl sites for hydroxylation is 2. The Morgan fingerprint density at radius 1 is 1.10 bits per heavy atom. The minimum Gasteiger partial charge on any atom is -0.351 e. The molecule has 156 valence electrons. The summed E-state index contributed by atoms with van der Waals surface area (Å²) in [5.74, 6) is 2.76. The van der Waals surface area contributed by atoms with Crippen LogP contribution in [-0.4, -0.2) is 26.0 Å². The maximum atomic E-state index is 13.0. The first-order valence-corrected chi connectivity index (χ1v) is 11.5. The van der Waals surface area contributed by atoms with Crippen molar-refractivity contribution in [2.24, 2.45) is 17.8 Å². The fraction of sp³-hybridized carbons (Fsp3) is 0.560. The van der Waals surface area contributed by atoms with Crippen LogP contribution in [0.4, 0.5) is 0 Å². The first-order chi connectivity index (χ1) is 14.5. The standard InChI is InChI=1S/C25H30N4O/c1-15-20(16(2)29-24(26-15)21-5-3-4-6-22(21)28-29)7-8-23(30)27-25-12-17-9-18(13-25)11-19(10-17)14-25/h3-6,17-19H,7-14H2,1-2H3,(H,27,30). The molecule has 0 aliphatic heterocycles. The third kappa shape index (κ3) is 2.85. The Labute approximate surface area is 177 Å². The van der Waals surface area contributed by atoms with Crippen molar-refractivity contribution >= 4 is 22.5 Å². The van der Waals surface area contributed by atoms with Crippen molar-refractivity contribution in [3.63, 3.8) is 0 Å². The lowest BCUT2D eigenvalue weighted by molar-refractivity contribution is -0.126. The third-order valence-corrected chi connectivity index (χ3v) is 8.06. The molecule has 1 amide bonds. The van der Waals surface area contributed by atoms with Gasteiger partial charge in [-0.2, -0.15) is 5.10 Å². The number of amides is 1. The molecular weight excluding hydrogens is 372 g/mol. The van der Waals surface area contributed by atoms with Gasteiger partial charge in [0.25, 0.3) is 0 Å². The molecule has 1 N–H and O–H groups in total. The van der Waals surface area contributed by atoms with Crippen molar-refractivity contribution in [2.45, 2.75) is 70.8 Å². The van der Waals surface area contributed by atoms with Gasteiger partial charge in [-0.25, -0.2) is 9.50 Å². The molecule has 0 unspecified atom stereocenters. The van der Waals surface area contributed by atoms with Crippen molar-refractivity contribution in [2.75, 3.05) is 0 Å². The van der Waals surface area contributed by atoms with Crippen LogP contribution in [0, 0.1) is 31.6 Å². The second kappa shape index (κ2) is 6.53. The van der Waals surface area contributed by atoms with Crippen LogP contribution in [0.1, 0.15) is 61.9 Å². The first-order valence-electron chi connectivity index (χ1n) is 11.5. The fourth-order valence-electron chi connectivity index (χ4n) is 7.20. The molecule has 2 aromatic heterocycles. The summed E-state index contributed by atoms with van der Waals surface area (Å²) in [6, 6.07) is 8.13. The zero-order valence-corrected chi connectivity index (χ0v) is 17.9. The van der Waals surface area contributed by atoms with E-state index in [1.807, 2.05) is 22.7 Å². The van der Waals surface area contributed by atoms with Crippen molar-refractivity contribution < 1.29 is 4.79 Å². The van der Waals surface area contributed by atoms with Crippen molar-refractivity contribution in [3.05, 3.63) is 41.2 Å². The van der Waals surface area contributed by atoms with Gasteiger partial charge in [-0.1, -0.05) is 12.1 Å². The highest BCUT2D eigenvalue weighted by atomic mass is 16.1. The topological polar surface area (TPSA) is 59.3 Å². The van der Waals surface area contributed by atoms with E-state index in [0.717, 1.165) is 57.7 Å². The summed E-state index contributed by atoms with van der Waals surface area (Å²) >= 11 is 0. The molecule has 4 fully saturated rings. The second-order valence-corrected chi connectivity index (χ2v) is 10.3. The largest absolute Gasteiger partial charge is 0.351 e. The van der Waals surface area contributed by atoms with Gasteiger partial charge in [0.15, 0.2) is 5.65 Å². The van der Waals surface area contributed by atoms with Crippen LogP contribution in [0.25, 0.3) is 16.6 Å². The average Bonchev–Trinajstić information content (AvgIpc) is 3.05. The molecule has 4 bridgehead atoms. The maximum absolute atomic E-state index is 13.0. The number of aromatic nitrogens is 3. The van der Waals surface area contributed by atoms with Crippen molar-refractivity contribution in [3.8, 4) is 0 Å². The Bertz CT molecular complexity index is 1130. The summed E-state index contributed by atoms with van der Waals surface area (Å²) < 4.78 is 1.95. The van der Waals surface area contributed by atoms with Gasteiger partial charge in [0, 0.05) is 28.7 Å². The molecule has 0 spiro atoms. The first kappa shape index (κ1) is 18.3. The van der Waals surface area contributed by atoms with Crippen molar-refractivity contribution in [1.29, 1.82) is 0 Å². The van der Waals surface area contributed by atoms with E-state index < -0.39 is 0 Å². The monoisotopic (exact) mass is 402 g/mol. The highest BCUT2D eigenvalue weighted by molar-refractivity contribution is 5.92. The van der Waals surface area contributed by atoms with Crippen molar-refractivity contribution in [1.82, 2.24) is 19.9 Å². The van der Waals surface area contributed by atoms with Crippen LogP contribution >= 0.6 is 0 Å². The number of rotatable bonds is 4. The number of nitrogens with zero attached hydrogens (tertiary/aromatic N) is 3. The number of fused-ring (bicyclic) bond motifs is 3. The molecule has 5 heteroatoms. The van der Waals surface area contributed by atoms with Crippen LogP contribution < -0.4 is 5.32 Å². The molecule has 1 aromatic carbocycles. The predicted octanol–water partition coefficient (Wildman–Crippen LogP) is 4.52. The quantitative estimate of drug-likeness (QED) is 0.698. The molecule has 3 aromatic rings. The van der Waals surface area contributed by atoms with E-state index in [1.165, 1.54) is 38.5 Å². The minimum atomic E-state index is 0.0951. The smallest absolute Gasteiger partial charge is 0.220 e. The molecule has 7 rings (SSSR count). The van der Waals surface area contributed by atoms with Gasteiger partial charge in [0.2, 0.25) is 5.91 Å². The van der Waals surface area contributed by atoms with Gasteiger partial charge < -0.3 is 5.32 Å². The molecule has 30 heavy (non-hydrogen) atoms. The number of carbonyl (C=O) groups is 1. The van der Waals surface area contributed by atoms with Gasteiger partial charge in [-0.05, 0) is 94.2 Å². The maximum Gasteiger partial charge on any atom is 0.220 e. The zero-order valence-electron chi connectivity index (χ0n) is 17.9. The number of carbonyl (C=O) groups excluding carboxylic acids is 1. The molecule has 4 aliphatic rings. The van der Waals surface area contributed by atoms with E-state index in [1.54, 1.807) is 0 Å². The Morgan fingerprint density at radius 2 is 1.77 bits per heavy atom. The molecule has 0 radical (unpaired) electrons. The molecule has 0 saturated heterocycles.